The summed E-state index contributed by atoms with van der Waals surface area (Å²) in [5.41, 5.74) is 2.27. The Balaban J connectivity index is 1.65. The van der Waals surface area contributed by atoms with Crippen LogP contribution in [0.4, 0.5) is 11.8 Å². The molecule has 0 aliphatic carbocycles. The highest BCUT2D eigenvalue weighted by atomic mass is 16.5. The van der Waals surface area contributed by atoms with Gasteiger partial charge in [0.1, 0.15) is 11.6 Å². The Hall–Kier alpha value is -3.08. The van der Waals surface area contributed by atoms with E-state index in [1.54, 1.807) is 13.3 Å². The Morgan fingerprint density at radius 2 is 1.76 bits per heavy atom. The topological polar surface area (TPSA) is 59.1 Å². The van der Waals surface area contributed by atoms with Gasteiger partial charge in [0.25, 0.3) is 0 Å². The lowest BCUT2D eigenvalue weighted by Crippen LogP contribution is -2.10. The van der Waals surface area contributed by atoms with Gasteiger partial charge in [-0.1, -0.05) is 48.5 Å². The fourth-order valence-electron chi connectivity index (χ4n) is 2.58. The summed E-state index contributed by atoms with van der Waals surface area (Å²) in [5.74, 6) is 2.23. The normalized spacial score (nSPS) is 11.6. The lowest BCUT2D eigenvalue weighted by Gasteiger charge is -2.15. The van der Waals surface area contributed by atoms with Crippen LogP contribution in [0.3, 0.4) is 0 Å². The second-order valence-corrected chi connectivity index (χ2v) is 5.71. The average Bonchev–Trinajstić information content (AvgIpc) is 2.67. The third-order valence-electron chi connectivity index (χ3n) is 3.95. The Labute approximate surface area is 148 Å². The van der Waals surface area contributed by atoms with Crippen molar-refractivity contribution < 1.29 is 4.74 Å². The highest BCUT2D eigenvalue weighted by Gasteiger charge is 2.07. The van der Waals surface area contributed by atoms with Crippen molar-refractivity contribution in [3.8, 4) is 5.75 Å². The van der Waals surface area contributed by atoms with Gasteiger partial charge in [0.2, 0.25) is 5.95 Å². The second kappa shape index (κ2) is 8.15. The van der Waals surface area contributed by atoms with E-state index in [0.29, 0.717) is 12.5 Å². The maximum absolute atomic E-state index is 5.37. The third kappa shape index (κ3) is 4.47. The minimum Gasteiger partial charge on any atom is -0.496 e. The molecule has 1 unspecified atom stereocenters. The van der Waals surface area contributed by atoms with E-state index in [-0.39, 0.29) is 6.04 Å². The van der Waals surface area contributed by atoms with Crippen LogP contribution in [-0.4, -0.2) is 17.1 Å². The molecule has 0 radical (unpaired) electrons. The monoisotopic (exact) mass is 334 g/mol. The van der Waals surface area contributed by atoms with Crippen LogP contribution >= 0.6 is 0 Å². The zero-order valence-corrected chi connectivity index (χ0v) is 14.4. The standard InChI is InChI=1S/C20H22N4O/c1-15(16-8-4-3-5-9-16)23-20-21-13-12-19(24-20)22-14-17-10-6-7-11-18(17)25-2/h3-13,15H,14H2,1-2H3,(H2,21,22,23,24). The molecule has 0 saturated carbocycles. The van der Waals surface area contributed by atoms with E-state index >= 15 is 0 Å². The molecule has 25 heavy (non-hydrogen) atoms. The van der Waals surface area contributed by atoms with Gasteiger partial charge in [0, 0.05) is 18.3 Å². The molecular formula is C20H22N4O. The van der Waals surface area contributed by atoms with Crippen molar-refractivity contribution in [3.05, 3.63) is 78.0 Å². The summed E-state index contributed by atoms with van der Waals surface area (Å²) in [6.45, 7) is 2.72. The molecule has 5 nitrogen and oxygen atoms in total. The first kappa shape index (κ1) is 16.8. The smallest absolute Gasteiger partial charge is 0.225 e. The van der Waals surface area contributed by atoms with E-state index in [9.17, 15) is 0 Å². The van der Waals surface area contributed by atoms with Gasteiger partial charge in [-0.2, -0.15) is 4.98 Å². The number of rotatable bonds is 7. The SMILES string of the molecule is COc1ccccc1CNc1ccnc(NC(C)c2ccccc2)n1. The number of ether oxygens (including phenoxy) is 1. The predicted octanol–water partition coefficient (Wildman–Crippen LogP) is 4.27. The van der Waals surface area contributed by atoms with Gasteiger partial charge >= 0.3 is 0 Å². The van der Waals surface area contributed by atoms with Crippen molar-refractivity contribution in [2.75, 3.05) is 17.7 Å². The molecular weight excluding hydrogens is 312 g/mol. The van der Waals surface area contributed by atoms with Gasteiger partial charge < -0.3 is 15.4 Å². The van der Waals surface area contributed by atoms with Crippen molar-refractivity contribution in [3.63, 3.8) is 0 Å². The molecule has 1 aromatic heterocycles. The number of methoxy groups -OCH3 is 1. The van der Waals surface area contributed by atoms with Crippen molar-refractivity contribution in [1.82, 2.24) is 9.97 Å². The first-order valence-corrected chi connectivity index (χ1v) is 8.26. The Morgan fingerprint density at radius 3 is 2.56 bits per heavy atom. The largest absolute Gasteiger partial charge is 0.496 e. The summed E-state index contributed by atoms with van der Waals surface area (Å²) < 4.78 is 5.37. The minimum atomic E-state index is 0.130. The molecule has 5 heteroatoms. The van der Waals surface area contributed by atoms with Gasteiger partial charge in [0.05, 0.1) is 13.2 Å². The Bertz CT molecular complexity index is 808. The van der Waals surface area contributed by atoms with E-state index in [1.807, 2.05) is 48.5 Å². The maximum atomic E-state index is 5.37. The summed E-state index contributed by atoms with van der Waals surface area (Å²) >= 11 is 0. The van der Waals surface area contributed by atoms with Crippen molar-refractivity contribution in [2.45, 2.75) is 19.5 Å². The van der Waals surface area contributed by atoms with E-state index in [4.69, 9.17) is 4.74 Å². The highest BCUT2D eigenvalue weighted by molar-refractivity contribution is 5.43. The number of nitrogens with zero attached hydrogens (tertiary/aromatic N) is 2. The maximum Gasteiger partial charge on any atom is 0.225 e. The van der Waals surface area contributed by atoms with Crippen molar-refractivity contribution in [2.24, 2.45) is 0 Å². The summed E-state index contributed by atoms with van der Waals surface area (Å²) in [4.78, 5) is 8.84. The van der Waals surface area contributed by atoms with Gasteiger partial charge in [-0.05, 0) is 24.6 Å². The quantitative estimate of drug-likeness (QED) is 0.676. The molecule has 2 N–H and O–H groups in total. The molecule has 0 saturated heterocycles. The fourth-order valence-corrected chi connectivity index (χ4v) is 2.58. The zero-order valence-electron chi connectivity index (χ0n) is 14.4. The molecule has 0 amide bonds. The molecule has 0 aliphatic heterocycles. The number of anilines is 2. The predicted molar refractivity (Wildman–Crippen MR) is 101 cm³/mol. The molecule has 3 rings (SSSR count). The average molecular weight is 334 g/mol. The van der Waals surface area contributed by atoms with E-state index in [1.165, 1.54) is 5.56 Å². The number of para-hydroxylation sites is 1. The molecule has 0 bridgehead atoms. The number of benzene rings is 2. The third-order valence-corrected chi connectivity index (χ3v) is 3.95. The molecule has 0 spiro atoms. The first-order chi connectivity index (χ1) is 12.3. The highest BCUT2D eigenvalue weighted by Crippen LogP contribution is 2.20. The Morgan fingerprint density at radius 1 is 1.00 bits per heavy atom. The number of nitrogens with one attached hydrogen (secondary N) is 2. The second-order valence-electron chi connectivity index (χ2n) is 5.71. The fraction of sp³-hybridized carbons (Fsp3) is 0.200. The number of aromatic nitrogens is 2. The molecule has 1 atom stereocenters. The van der Waals surface area contributed by atoms with Gasteiger partial charge in [-0.15, -0.1) is 0 Å². The molecule has 0 fully saturated rings. The zero-order chi connectivity index (χ0) is 17.5. The van der Waals surface area contributed by atoms with Crippen molar-refractivity contribution in [1.29, 1.82) is 0 Å². The number of hydrogen-bond donors (Lipinski definition) is 2. The first-order valence-electron chi connectivity index (χ1n) is 8.26. The lowest BCUT2D eigenvalue weighted by molar-refractivity contribution is 0.410. The van der Waals surface area contributed by atoms with Crippen LogP contribution in [0.25, 0.3) is 0 Å². The summed E-state index contributed by atoms with van der Waals surface area (Å²) in [7, 11) is 1.68. The van der Waals surface area contributed by atoms with Crippen LogP contribution in [0.15, 0.2) is 66.9 Å². The van der Waals surface area contributed by atoms with E-state index in [2.05, 4.69) is 39.7 Å². The molecule has 0 aliphatic rings. The van der Waals surface area contributed by atoms with Crippen LogP contribution in [0.5, 0.6) is 5.75 Å². The van der Waals surface area contributed by atoms with Crippen LogP contribution in [0.1, 0.15) is 24.1 Å². The van der Waals surface area contributed by atoms with Crippen LogP contribution in [0.2, 0.25) is 0 Å². The van der Waals surface area contributed by atoms with Gasteiger partial charge in [-0.25, -0.2) is 4.98 Å². The molecule has 2 aromatic carbocycles. The summed E-state index contributed by atoms with van der Waals surface area (Å²) in [5, 5.41) is 6.65. The van der Waals surface area contributed by atoms with Gasteiger partial charge in [-0.3, -0.25) is 0 Å². The van der Waals surface area contributed by atoms with Crippen LogP contribution < -0.4 is 15.4 Å². The lowest BCUT2D eigenvalue weighted by atomic mass is 10.1. The van der Waals surface area contributed by atoms with Crippen molar-refractivity contribution >= 4 is 11.8 Å². The van der Waals surface area contributed by atoms with E-state index < -0.39 is 0 Å². The van der Waals surface area contributed by atoms with Crippen LogP contribution in [-0.2, 0) is 6.54 Å². The molecule has 128 valence electrons. The summed E-state index contributed by atoms with van der Waals surface area (Å²) in [6.07, 6.45) is 1.75. The number of hydrogen-bond acceptors (Lipinski definition) is 5. The molecule has 3 aromatic rings. The molecule has 1 heterocycles. The van der Waals surface area contributed by atoms with Gasteiger partial charge in [0.15, 0.2) is 0 Å². The Kier molecular flexibility index (Phi) is 5.46. The van der Waals surface area contributed by atoms with Crippen LogP contribution in [0, 0.1) is 0 Å². The summed E-state index contributed by atoms with van der Waals surface area (Å²) in [6, 6.07) is 20.2. The minimum absolute atomic E-state index is 0.130. The van der Waals surface area contributed by atoms with E-state index in [0.717, 1.165) is 17.1 Å².